The lowest BCUT2D eigenvalue weighted by Gasteiger charge is -2.09. The number of aryl methyl sites for hydroxylation is 1. The van der Waals surface area contributed by atoms with Crippen LogP contribution in [0.3, 0.4) is 0 Å². The topological polar surface area (TPSA) is 82.5 Å². The van der Waals surface area contributed by atoms with Gasteiger partial charge in [-0.3, -0.25) is 4.79 Å². The van der Waals surface area contributed by atoms with Crippen molar-refractivity contribution < 1.29 is 15.0 Å². The Morgan fingerprint density at radius 3 is 2.88 bits per heavy atom. The number of pyridine rings is 1. The van der Waals surface area contributed by atoms with Gasteiger partial charge in [-0.2, -0.15) is 0 Å². The molecule has 0 radical (unpaired) electrons. The van der Waals surface area contributed by atoms with Crippen molar-refractivity contribution >= 4 is 17.5 Å². The molecular weight excluding hydrogens is 232 g/mol. The molecule has 1 aromatic rings. The van der Waals surface area contributed by atoms with Crippen molar-refractivity contribution in [2.75, 3.05) is 13.2 Å². The summed E-state index contributed by atoms with van der Waals surface area (Å²) in [7, 11) is 0. The Labute approximate surface area is 98.1 Å². The van der Waals surface area contributed by atoms with Gasteiger partial charge in [0, 0.05) is 17.8 Å². The second kappa shape index (κ2) is 5.79. The summed E-state index contributed by atoms with van der Waals surface area (Å²) in [5.74, 6) is -0.361. The van der Waals surface area contributed by atoms with E-state index in [1.54, 1.807) is 13.0 Å². The van der Waals surface area contributed by atoms with Crippen LogP contribution in [0.2, 0.25) is 5.15 Å². The van der Waals surface area contributed by atoms with Crippen molar-refractivity contribution in [1.29, 1.82) is 0 Å². The lowest BCUT2D eigenvalue weighted by atomic mass is 10.2. The lowest BCUT2D eigenvalue weighted by Crippen LogP contribution is -2.33. The third kappa shape index (κ3) is 3.77. The number of halogens is 1. The van der Waals surface area contributed by atoms with Crippen molar-refractivity contribution in [3.63, 3.8) is 0 Å². The highest BCUT2D eigenvalue weighted by molar-refractivity contribution is 6.29. The maximum Gasteiger partial charge on any atom is 0.251 e. The minimum atomic E-state index is -0.956. The van der Waals surface area contributed by atoms with Crippen LogP contribution < -0.4 is 5.32 Å². The van der Waals surface area contributed by atoms with Crippen molar-refractivity contribution in [2.45, 2.75) is 13.0 Å². The molecule has 16 heavy (non-hydrogen) atoms. The molecule has 5 nitrogen and oxygen atoms in total. The van der Waals surface area contributed by atoms with E-state index in [2.05, 4.69) is 10.3 Å². The van der Waals surface area contributed by atoms with Crippen LogP contribution >= 0.6 is 11.6 Å². The minimum Gasteiger partial charge on any atom is -0.394 e. The number of aromatic nitrogens is 1. The van der Waals surface area contributed by atoms with Gasteiger partial charge in [-0.05, 0) is 19.1 Å². The van der Waals surface area contributed by atoms with Gasteiger partial charge in [0.15, 0.2) is 0 Å². The Kier molecular flexibility index (Phi) is 4.67. The van der Waals surface area contributed by atoms with E-state index < -0.39 is 12.7 Å². The number of aliphatic hydroxyl groups is 2. The summed E-state index contributed by atoms with van der Waals surface area (Å²) >= 11 is 5.70. The number of carbonyl (C=O) groups is 1. The van der Waals surface area contributed by atoms with Crippen LogP contribution in [0, 0.1) is 6.92 Å². The molecule has 0 fully saturated rings. The molecule has 1 heterocycles. The van der Waals surface area contributed by atoms with Gasteiger partial charge in [-0.15, -0.1) is 0 Å². The molecule has 0 aliphatic rings. The Balaban J connectivity index is 2.66. The predicted molar refractivity (Wildman–Crippen MR) is 59.4 cm³/mol. The van der Waals surface area contributed by atoms with Crippen molar-refractivity contribution in [3.05, 3.63) is 28.5 Å². The molecule has 0 aliphatic carbocycles. The monoisotopic (exact) mass is 244 g/mol. The van der Waals surface area contributed by atoms with Gasteiger partial charge < -0.3 is 15.5 Å². The number of hydrogen-bond acceptors (Lipinski definition) is 4. The standard InChI is InChI=1S/C10H13ClN2O3/c1-6-2-7(3-9(11)13-6)10(16)12-4-8(15)5-14/h2-3,8,14-15H,4-5H2,1H3,(H,12,16). The van der Waals surface area contributed by atoms with Gasteiger partial charge in [-0.25, -0.2) is 4.98 Å². The van der Waals surface area contributed by atoms with Crippen molar-refractivity contribution in [1.82, 2.24) is 10.3 Å². The van der Waals surface area contributed by atoms with Crippen LogP contribution in [0.4, 0.5) is 0 Å². The van der Waals surface area contributed by atoms with E-state index in [1.807, 2.05) is 0 Å². The van der Waals surface area contributed by atoms with Crippen LogP contribution in [0.5, 0.6) is 0 Å². The van der Waals surface area contributed by atoms with Crippen LogP contribution in [-0.2, 0) is 0 Å². The zero-order chi connectivity index (χ0) is 12.1. The molecule has 88 valence electrons. The van der Waals surface area contributed by atoms with E-state index in [-0.39, 0.29) is 17.6 Å². The molecule has 0 saturated heterocycles. The summed E-state index contributed by atoms with van der Waals surface area (Å²) in [6.07, 6.45) is -0.956. The lowest BCUT2D eigenvalue weighted by molar-refractivity contribution is 0.0802. The molecule has 6 heteroatoms. The van der Waals surface area contributed by atoms with Gasteiger partial charge in [0.2, 0.25) is 0 Å². The third-order valence-electron chi connectivity index (χ3n) is 1.89. The van der Waals surface area contributed by atoms with Crippen molar-refractivity contribution in [2.24, 2.45) is 0 Å². The average molecular weight is 245 g/mol. The van der Waals surface area contributed by atoms with E-state index in [9.17, 15) is 4.79 Å². The van der Waals surface area contributed by atoms with Gasteiger partial charge in [-0.1, -0.05) is 11.6 Å². The zero-order valence-electron chi connectivity index (χ0n) is 8.77. The van der Waals surface area contributed by atoms with Crippen LogP contribution in [-0.4, -0.2) is 40.4 Å². The second-order valence-corrected chi connectivity index (χ2v) is 3.75. The maximum absolute atomic E-state index is 11.6. The highest BCUT2D eigenvalue weighted by atomic mass is 35.5. The van der Waals surface area contributed by atoms with E-state index in [1.165, 1.54) is 6.07 Å². The van der Waals surface area contributed by atoms with Gasteiger partial charge in [0.1, 0.15) is 5.15 Å². The second-order valence-electron chi connectivity index (χ2n) is 3.37. The number of hydrogen-bond donors (Lipinski definition) is 3. The van der Waals surface area contributed by atoms with Gasteiger partial charge in [0.05, 0.1) is 12.7 Å². The Morgan fingerprint density at radius 2 is 2.31 bits per heavy atom. The van der Waals surface area contributed by atoms with E-state index in [0.29, 0.717) is 11.3 Å². The minimum absolute atomic E-state index is 0.00563. The number of aliphatic hydroxyl groups excluding tert-OH is 2. The molecule has 0 bridgehead atoms. The van der Waals surface area contributed by atoms with E-state index >= 15 is 0 Å². The summed E-state index contributed by atoms with van der Waals surface area (Å²) in [6, 6.07) is 3.03. The molecule has 0 aromatic carbocycles. The number of rotatable bonds is 4. The molecule has 1 aromatic heterocycles. The molecule has 1 amide bonds. The third-order valence-corrected chi connectivity index (χ3v) is 2.09. The summed E-state index contributed by atoms with van der Waals surface area (Å²) in [5.41, 5.74) is 1.02. The van der Waals surface area contributed by atoms with Gasteiger partial charge in [0.25, 0.3) is 5.91 Å². The fraction of sp³-hybridized carbons (Fsp3) is 0.400. The molecule has 1 rings (SSSR count). The number of carbonyl (C=O) groups excluding carboxylic acids is 1. The Morgan fingerprint density at radius 1 is 1.62 bits per heavy atom. The SMILES string of the molecule is Cc1cc(C(=O)NCC(O)CO)cc(Cl)n1. The quantitative estimate of drug-likeness (QED) is 0.658. The fourth-order valence-corrected chi connectivity index (χ4v) is 1.39. The first-order valence-corrected chi connectivity index (χ1v) is 5.12. The number of amides is 1. The number of nitrogens with zero attached hydrogens (tertiary/aromatic N) is 1. The Hall–Kier alpha value is -1.17. The first-order chi connectivity index (χ1) is 7.52. The Bertz CT molecular complexity index is 364. The summed E-state index contributed by atoms with van der Waals surface area (Å²) in [5, 5.41) is 20.3. The van der Waals surface area contributed by atoms with E-state index in [0.717, 1.165) is 0 Å². The molecule has 1 unspecified atom stereocenters. The molecule has 0 saturated carbocycles. The maximum atomic E-state index is 11.6. The summed E-state index contributed by atoms with van der Waals surface area (Å²) < 4.78 is 0. The largest absolute Gasteiger partial charge is 0.394 e. The zero-order valence-corrected chi connectivity index (χ0v) is 9.53. The van der Waals surface area contributed by atoms with Crippen LogP contribution in [0.15, 0.2) is 12.1 Å². The average Bonchev–Trinajstić information content (AvgIpc) is 2.23. The molecule has 1 atom stereocenters. The normalized spacial score (nSPS) is 12.2. The molecule has 3 N–H and O–H groups in total. The highest BCUT2D eigenvalue weighted by Gasteiger charge is 2.09. The van der Waals surface area contributed by atoms with Crippen molar-refractivity contribution in [3.8, 4) is 0 Å². The van der Waals surface area contributed by atoms with Gasteiger partial charge >= 0.3 is 0 Å². The van der Waals surface area contributed by atoms with Crippen LogP contribution in [0.1, 0.15) is 16.1 Å². The summed E-state index contributed by atoms with van der Waals surface area (Å²) in [6.45, 7) is 1.33. The molecular formula is C10H13ClN2O3. The first-order valence-electron chi connectivity index (χ1n) is 4.74. The summed E-state index contributed by atoms with van der Waals surface area (Å²) in [4.78, 5) is 15.5. The fourth-order valence-electron chi connectivity index (χ4n) is 1.14. The van der Waals surface area contributed by atoms with E-state index in [4.69, 9.17) is 21.8 Å². The predicted octanol–water partition coefficient (Wildman–Crippen LogP) is 0.126. The first kappa shape index (κ1) is 12.9. The highest BCUT2D eigenvalue weighted by Crippen LogP contribution is 2.10. The smallest absolute Gasteiger partial charge is 0.251 e. The van der Waals surface area contributed by atoms with Crippen LogP contribution in [0.25, 0.3) is 0 Å². The molecule has 0 spiro atoms. The molecule has 0 aliphatic heterocycles. The number of nitrogens with one attached hydrogen (secondary N) is 1.